The number of Topliss-reactive ketones (excluding diaryl/α,β-unsaturated/α-hetero) is 1. The number of ether oxygens (including phenoxy) is 1. The van der Waals surface area contributed by atoms with Crippen LogP contribution in [-0.2, 0) is 0 Å². The first-order valence-electron chi connectivity index (χ1n) is 7.68. The summed E-state index contributed by atoms with van der Waals surface area (Å²) in [4.78, 5) is 23.8. The predicted octanol–water partition coefficient (Wildman–Crippen LogP) is 4.32. The Hall–Kier alpha value is -2.62. The molecule has 0 aromatic heterocycles. The zero-order valence-electron chi connectivity index (χ0n) is 13.6. The van der Waals surface area contributed by atoms with E-state index in [1.165, 1.54) is 6.92 Å². The van der Waals surface area contributed by atoms with Crippen molar-refractivity contribution in [1.82, 2.24) is 0 Å². The van der Waals surface area contributed by atoms with E-state index >= 15 is 0 Å². The van der Waals surface area contributed by atoms with Crippen molar-refractivity contribution in [3.8, 4) is 5.75 Å². The third-order valence-electron chi connectivity index (χ3n) is 3.54. The van der Waals surface area contributed by atoms with Crippen LogP contribution in [0.25, 0.3) is 0 Å². The van der Waals surface area contributed by atoms with Gasteiger partial charge in [-0.25, -0.2) is 0 Å². The molecular formula is C19H21NO3. The van der Waals surface area contributed by atoms with E-state index in [1.807, 2.05) is 19.9 Å². The molecule has 0 fully saturated rings. The Labute approximate surface area is 136 Å². The average molecular weight is 311 g/mol. The number of rotatable bonds is 6. The van der Waals surface area contributed by atoms with Gasteiger partial charge in [-0.3, -0.25) is 9.59 Å². The van der Waals surface area contributed by atoms with Crippen molar-refractivity contribution in [2.75, 3.05) is 5.32 Å². The summed E-state index contributed by atoms with van der Waals surface area (Å²) < 4.78 is 5.73. The van der Waals surface area contributed by atoms with Crippen molar-refractivity contribution < 1.29 is 14.3 Å². The topological polar surface area (TPSA) is 55.4 Å². The summed E-state index contributed by atoms with van der Waals surface area (Å²) in [5.41, 5.74) is 1.67. The molecule has 23 heavy (non-hydrogen) atoms. The minimum atomic E-state index is -0.236. The summed E-state index contributed by atoms with van der Waals surface area (Å²) >= 11 is 0. The number of ketones is 1. The number of hydrogen-bond acceptors (Lipinski definition) is 3. The first-order chi connectivity index (χ1) is 11.0. The quantitative estimate of drug-likeness (QED) is 0.808. The van der Waals surface area contributed by atoms with Crippen LogP contribution in [0.3, 0.4) is 0 Å². The molecule has 0 aliphatic rings. The van der Waals surface area contributed by atoms with Gasteiger partial charge in [0.15, 0.2) is 5.78 Å². The van der Waals surface area contributed by atoms with Crippen LogP contribution in [-0.4, -0.2) is 17.8 Å². The molecule has 4 nitrogen and oxygen atoms in total. The van der Waals surface area contributed by atoms with E-state index in [4.69, 9.17) is 4.74 Å². The molecule has 2 aromatic carbocycles. The second-order valence-corrected chi connectivity index (χ2v) is 5.46. The van der Waals surface area contributed by atoms with Gasteiger partial charge in [-0.15, -0.1) is 0 Å². The van der Waals surface area contributed by atoms with Crippen molar-refractivity contribution in [3.63, 3.8) is 0 Å². The largest absolute Gasteiger partial charge is 0.491 e. The Kier molecular flexibility index (Phi) is 5.52. The smallest absolute Gasteiger partial charge is 0.255 e. The molecule has 1 amide bonds. The standard InChI is InChI=1S/C19H21NO3/c1-4-13(2)23-18-10-6-8-16(12-18)19(22)20-17-9-5-7-15(11-17)14(3)21/h5-13H,4H2,1-3H3,(H,20,22). The average Bonchev–Trinajstić information content (AvgIpc) is 2.55. The van der Waals surface area contributed by atoms with Gasteiger partial charge in [0, 0.05) is 16.8 Å². The number of nitrogens with one attached hydrogen (secondary N) is 1. The number of hydrogen-bond donors (Lipinski definition) is 1. The van der Waals surface area contributed by atoms with Crippen LogP contribution in [0.5, 0.6) is 5.75 Å². The summed E-state index contributed by atoms with van der Waals surface area (Å²) in [6.07, 6.45) is 0.995. The summed E-state index contributed by atoms with van der Waals surface area (Å²) in [5, 5.41) is 2.80. The highest BCUT2D eigenvalue weighted by Gasteiger charge is 2.09. The lowest BCUT2D eigenvalue weighted by molar-refractivity contribution is 0.101. The number of benzene rings is 2. The first kappa shape index (κ1) is 16.7. The van der Waals surface area contributed by atoms with Gasteiger partial charge in [0.1, 0.15) is 5.75 Å². The van der Waals surface area contributed by atoms with Crippen LogP contribution in [0.15, 0.2) is 48.5 Å². The molecule has 0 aliphatic heterocycles. The monoisotopic (exact) mass is 311 g/mol. The van der Waals surface area contributed by atoms with Crippen LogP contribution in [0.4, 0.5) is 5.69 Å². The summed E-state index contributed by atoms with van der Waals surface area (Å²) in [6.45, 7) is 5.53. The van der Waals surface area contributed by atoms with E-state index in [9.17, 15) is 9.59 Å². The van der Waals surface area contributed by atoms with E-state index in [2.05, 4.69) is 5.32 Å². The lowest BCUT2D eigenvalue weighted by Crippen LogP contribution is -2.13. The molecule has 0 spiro atoms. The minimum Gasteiger partial charge on any atom is -0.491 e. The number of amides is 1. The fourth-order valence-electron chi connectivity index (χ4n) is 2.05. The SMILES string of the molecule is CCC(C)Oc1cccc(C(=O)Nc2cccc(C(C)=O)c2)c1. The zero-order valence-corrected chi connectivity index (χ0v) is 13.6. The minimum absolute atomic E-state index is 0.0370. The summed E-state index contributed by atoms with van der Waals surface area (Å²) in [5.74, 6) is 0.398. The number of carbonyl (C=O) groups is 2. The van der Waals surface area contributed by atoms with Gasteiger partial charge < -0.3 is 10.1 Å². The van der Waals surface area contributed by atoms with Gasteiger partial charge >= 0.3 is 0 Å². The fourth-order valence-corrected chi connectivity index (χ4v) is 2.05. The molecule has 2 aromatic rings. The van der Waals surface area contributed by atoms with E-state index in [0.29, 0.717) is 22.6 Å². The Morgan fingerprint density at radius 3 is 2.48 bits per heavy atom. The highest BCUT2D eigenvalue weighted by Crippen LogP contribution is 2.18. The first-order valence-corrected chi connectivity index (χ1v) is 7.68. The maximum Gasteiger partial charge on any atom is 0.255 e. The van der Waals surface area contributed by atoms with E-state index in [0.717, 1.165) is 6.42 Å². The van der Waals surface area contributed by atoms with Crippen LogP contribution < -0.4 is 10.1 Å². The van der Waals surface area contributed by atoms with Crippen LogP contribution >= 0.6 is 0 Å². The lowest BCUT2D eigenvalue weighted by atomic mass is 10.1. The van der Waals surface area contributed by atoms with Crippen molar-refractivity contribution in [2.45, 2.75) is 33.3 Å². The van der Waals surface area contributed by atoms with Crippen LogP contribution in [0.2, 0.25) is 0 Å². The summed E-state index contributed by atoms with van der Waals surface area (Å²) in [7, 11) is 0. The van der Waals surface area contributed by atoms with Gasteiger partial charge in [0.2, 0.25) is 0 Å². The maximum absolute atomic E-state index is 12.4. The highest BCUT2D eigenvalue weighted by molar-refractivity contribution is 6.05. The number of carbonyl (C=O) groups excluding carboxylic acids is 2. The molecular weight excluding hydrogens is 290 g/mol. The molecule has 1 atom stereocenters. The summed E-state index contributed by atoms with van der Waals surface area (Å²) in [6, 6.07) is 14.0. The zero-order chi connectivity index (χ0) is 16.8. The molecule has 4 heteroatoms. The molecule has 0 aliphatic carbocycles. The van der Waals surface area contributed by atoms with Gasteiger partial charge in [0.25, 0.3) is 5.91 Å². The molecule has 120 valence electrons. The maximum atomic E-state index is 12.4. The third-order valence-corrected chi connectivity index (χ3v) is 3.54. The van der Waals surface area contributed by atoms with Gasteiger partial charge in [-0.2, -0.15) is 0 Å². The number of anilines is 1. The second kappa shape index (κ2) is 7.58. The Morgan fingerprint density at radius 2 is 1.78 bits per heavy atom. The van der Waals surface area contributed by atoms with Crippen LogP contribution in [0.1, 0.15) is 47.9 Å². The molecule has 0 saturated heterocycles. The van der Waals surface area contributed by atoms with Crippen molar-refractivity contribution in [3.05, 3.63) is 59.7 Å². The van der Waals surface area contributed by atoms with Crippen molar-refractivity contribution in [2.24, 2.45) is 0 Å². The van der Waals surface area contributed by atoms with Gasteiger partial charge in [-0.1, -0.05) is 25.1 Å². The van der Waals surface area contributed by atoms with E-state index < -0.39 is 0 Å². The molecule has 0 radical (unpaired) electrons. The highest BCUT2D eigenvalue weighted by atomic mass is 16.5. The van der Waals surface area contributed by atoms with Gasteiger partial charge in [0.05, 0.1) is 6.10 Å². The van der Waals surface area contributed by atoms with Crippen LogP contribution in [0, 0.1) is 0 Å². The van der Waals surface area contributed by atoms with E-state index in [1.54, 1.807) is 42.5 Å². The Morgan fingerprint density at radius 1 is 1.09 bits per heavy atom. The van der Waals surface area contributed by atoms with E-state index in [-0.39, 0.29) is 17.8 Å². The van der Waals surface area contributed by atoms with Gasteiger partial charge in [-0.05, 0) is 50.6 Å². The lowest BCUT2D eigenvalue weighted by Gasteiger charge is -2.13. The Balaban J connectivity index is 2.13. The molecule has 2 rings (SSSR count). The Bertz CT molecular complexity index is 709. The third kappa shape index (κ3) is 4.68. The molecule has 0 bridgehead atoms. The van der Waals surface area contributed by atoms with Crippen molar-refractivity contribution >= 4 is 17.4 Å². The normalized spacial score (nSPS) is 11.6. The predicted molar refractivity (Wildman–Crippen MR) is 91.2 cm³/mol. The molecule has 1 N–H and O–H groups in total. The molecule has 1 unspecified atom stereocenters. The molecule has 0 saturated carbocycles. The fraction of sp³-hybridized carbons (Fsp3) is 0.263. The van der Waals surface area contributed by atoms with Crippen molar-refractivity contribution in [1.29, 1.82) is 0 Å². The second-order valence-electron chi connectivity index (χ2n) is 5.46. The molecule has 0 heterocycles.